The first-order valence-electron chi connectivity index (χ1n) is 11.5. The zero-order chi connectivity index (χ0) is 24.5. The van der Waals surface area contributed by atoms with Gasteiger partial charge in [0.1, 0.15) is 0 Å². The number of carbonyl (C=O) groups excluding carboxylic acids is 1. The van der Waals surface area contributed by atoms with Crippen LogP contribution in [-0.2, 0) is 6.42 Å². The molecule has 1 N–H and O–H groups in total. The summed E-state index contributed by atoms with van der Waals surface area (Å²) in [5.74, 6) is -0.458. The Balaban J connectivity index is 1.91. The number of nitrogens with one attached hydrogen (secondary N) is 1. The van der Waals surface area contributed by atoms with E-state index in [9.17, 15) is 4.79 Å². The van der Waals surface area contributed by atoms with Gasteiger partial charge in [0.15, 0.2) is 5.69 Å². The maximum Gasteiger partial charge on any atom is 0.286 e. The monoisotopic (exact) mass is 479 g/mol. The Morgan fingerprint density at radius 1 is 1.06 bits per heavy atom. The average molecular weight is 481 g/mol. The lowest BCUT2D eigenvalue weighted by molar-refractivity contribution is 0.0743. The van der Waals surface area contributed by atoms with Crippen LogP contribution in [0.2, 0.25) is 15.1 Å². The molecule has 1 amide bonds. The van der Waals surface area contributed by atoms with Gasteiger partial charge in [0.2, 0.25) is 0 Å². The summed E-state index contributed by atoms with van der Waals surface area (Å²) < 4.78 is 25.3. The maximum absolute atomic E-state index is 13.4. The van der Waals surface area contributed by atoms with Crippen LogP contribution in [-0.4, -0.2) is 33.8 Å². The second-order valence-corrected chi connectivity index (χ2v) is 8.64. The van der Waals surface area contributed by atoms with E-state index < -0.39 is 12.8 Å². The lowest BCUT2D eigenvalue weighted by Crippen LogP contribution is -2.45. The number of carbonyl (C=O) groups is 1. The summed E-state index contributed by atoms with van der Waals surface area (Å²) in [4.78, 5) is 13.4. The van der Waals surface area contributed by atoms with Gasteiger partial charge in [-0.2, -0.15) is 5.10 Å². The van der Waals surface area contributed by atoms with E-state index in [1.165, 1.54) is 4.68 Å². The quantitative estimate of drug-likeness (QED) is 0.473. The second-order valence-electron chi connectivity index (χ2n) is 7.36. The van der Waals surface area contributed by atoms with Crippen molar-refractivity contribution >= 4 is 40.7 Å². The lowest BCUT2D eigenvalue weighted by Gasteiger charge is -2.26. The average Bonchev–Trinajstić information content (AvgIpc) is 3.12. The van der Waals surface area contributed by atoms with Crippen molar-refractivity contribution in [2.24, 2.45) is 0 Å². The summed E-state index contributed by atoms with van der Waals surface area (Å²) in [7, 11) is 0. The number of nitrogens with zero attached hydrogens (tertiary/aromatic N) is 3. The molecule has 31 heavy (non-hydrogen) atoms. The summed E-state index contributed by atoms with van der Waals surface area (Å²) in [6.07, 6.45) is 2.72. The van der Waals surface area contributed by atoms with Crippen LogP contribution in [0.1, 0.15) is 46.3 Å². The zero-order valence-electron chi connectivity index (χ0n) is 19.7. The van der Waals surface area contributed by atoms with E-state index in [4.69, 9.17) is 38.9 Å². The second kappa shape index (κ2) is 9.61. The van der Waals surface area contributed by atoms with Crippen LogP contribution in [0.5, 0.6) is 0 Å². The summed E-state index contributed by atoms with van der Waals surface area (Å²) in [5.41, 5.74) is 4.83. The highest BCUT2D eigenvalue weighted by atomic mass is 35.5. The minimum Gasteiger partial charge on any atom is -0.283 e. The molecule has 1 aliphatic rings. The highest BCUT2D eigenvalue weighted by Gasteiger charge is 2.26. The molecule has 0 radical (unpaired) electrons. The Morgan fingerprint density at radius 3 is 2.45 bits per heavy atom. The molecule has 0 spiro atoms. The third kappa shape index (κ3) is 4.75. The number of hydrogen-bond acceptors (Lipinski definition) is 3. The summed E-state index contributed by atoms with van der Waals surface area (Å²) in [6, 6.07) is 11.8. The van der Waals surface area contributed by atoms with Crippen LogP contribution in [0, 0.1) is 0 Å². The predicted molar refractivity (Wildman–Crippen MR) is 126 cm³/mol. The van der Waals surface area contributed by atoms with Gasteiger partial charge in [-0.3, -0.25) is 10.2 Å². The lowest BCUT2D eigenvalue weighted by atomic mass is 10.0. The fraction of sp³-hybridized carbons (Fsp3) is 0.304. The van der Waals surface area contributed by atoms with Crippen LogP contribution < -0.4 is 5.43 Å². The van der Waals surface area contributed by atoms with Crippen molar-refractivity contribution < 1.29 is 8.91 Å². The fourth-order valence-corrected chi connectivity index (χ4v) is 4.35. The van der Waals surface area contributed by atoms with Crippen molar-refractivity contribution in [3.05, 3.63) is 68.8 Å². The number of hydrogen-bond donors (Lipinski definition) is 1. The molecule has 0 bridgehead atoms. The number of aromatic nitrogens is 2. The van der Waals surface area contributed by atoms with Crippen LogP contribution in [0.3, 0.4) is 0 Å². The third-order valence-electron chi connectivity index (χ3n) is 5.25. The smallest absolute Gasteiger partial charge is 0.283 e. The minimum atomic E-state index is -2.33. The molecule has 3 aromatic rings. The van der Waals surface area contributed by atoms with E-state index in [0.29, 0.717) is 37.6 Å². The van der Waals surface area contributed by atoms with Gasteiger partial charge in [-0.1, -0.05) is 60.2 Å². The molecule has 1 fully saturated rings. The van der Waals surface area contributed by atoms with Crippen molar-refractivity contribution in [1.82, 2.24) is 20.2 Å². The fourth-order valence-electron chi connectivity index (χ4n) is 3.73. The van der Waals surface area contributed by atoms with Gasteiger partial charge >= 0.3 is 0 Å². The molecule has 2 heterocycles. The van der Waals surface area contributed by atoms with Crippen molar-refractivity contribution in [1.29, 1.82) is 0 Å². The first-order chi connectivity index (χ1) is 16.1. The SMILES string of the molecule is [2H]C([2H])([2H])Cc1c(C(=O)NN2CCCCC2)nn(-c2ccc(Cl)cc2Cl)c1-c1ccc(Cl)cc1. The van der Waals surface area contributed by atoms with Crippen molar-refractivity contribution in [3.63, 3.8) is 0 Å². The van der Waals surface area contributed by atoms with E-state index in [1.54, 1.807) is 42.5 Å². The highest BCUT2D eigenvalue weighted by Crippen LogP contribution is 2.34. The number of benzene rings is 2. The Hall–Kier alpha value is -2.05. The largest absolute Gasteiger partial charge is 0.286 e. The Kier molecular flexibility index (Phi) is 5.74. The van der Waals surface area contributed by atoms with Gasteiger partial charge in [0.25, 0.3) is 5.91 Å². The number of amides is 1. The molecular weight excluding hydrogens is 455 g/mol. The van der Waals surface area contributed by atoms with Gasteiger partial charge in [-0.25, -0.2) is 9.69 Å². The molecule has 8 heteroatoms. The molecule has 162 valence electrons. The number of piperidine rings is 1. The molecule has 1 aliphatic heterocycles. The van der Waals surface area contributed by atoms with Crippen LogP contribution >= 0.6 is 34.8 Å². The van der Waals surface area contributed by atoms with Crippen LogP contribution in [0.25, 0.3) is 16.9 Å². The molecule has 0 atom stereocenters. The van der Waals surface area contributed by atoms with E-state index in [2.05, 4.69) is 10.5 Å². The van der Waals surface area contributed by atoms with Crippen molar-refractivity contribution in [3.8, 4) is 16.9 Å². The molecule has 0 unspecified atom stereocenters. The Bertz CT molecular complexity index is 1190. The Labute approximate surface area is 201 Å². The standard InChI is InChI=1S/C23H23Cl3N4O/c1-2-18-21(23(31)28-29-12-4-3-5-13-29)27-30(20-11-10-17(25)14-19(20)26)22(18)15-6-8-16(24)9-7-15/h6-11,14H,2-5,12-13H2,1H3,(H,28,31)/i1D3. The van der Waals surface area contributed by atoms with Crippen LogP contribution in [0.15, 0.2) is 42.5 Å². The van der Waals surface area contributed by atoms with E-state index in [0.717, 1.165) is 32.4 Å². The summed E-state index contributed by atoms with van der Waals surface area (Å²) in [6.45, 7) is -0.874. The molecular formula is C23H23Cl3N4O. The van der Waals surface area contributed by atoms with E-state index >= 15 is 0 Å². The van der Waals surface area contributed by atoms with Gasteiger partial charge in [-0.15, -0.1) is 0 Å². The summed E-state index contributed by atoms with van der Waals surface area (Å²) >= 11 is 18.7. The van der Waals surface area contributed by atoms with Gasteiger partial charge in [-0.05, 0) is 49.6 Å². The number of hydrazine groups is 1. The van der Waals surface area contributed by atoms with E-state index in [1.807, 2.05) is 5.01 Å². The number of rotatable bonds is 5. The van der Waals surface area contributed by atoms with Crippen molar-refractivity contribution in [2.75, 3.05) is 13.1 Å². The normalized spacial score (nSPS) is 16.4. The van der Waals surface area contributed by atoms with E-state index in [-0.39, 0.29) is 12.1 Å². The highest BCUT2D eigenvalue weighted by molar-refractivity contribution is 6.35. The first-order valence-corrected chi connectivity index (χ1v) is 11.1. The molecule has 0 saturated carbocycles. The molecule has 4 rings (SSSR count). The number of halogens is 3. The zero-order valence-corrected chi connectivity index (χ0v) is 18.9. The molecule has 1 saturated heterocycles. The topological polar surface area (TPSA) is 50.2 Å². The van der Waals surface area contributed by atoms with Gasteiger partial charge in [0.05, 0.1) is 16.4 Å². The van der Waals surface area contributed by atoms with Gasteiger partial charge < -0.3 is 0 Å². The first kappa shape index (κ1) is 18.5. The Morgan fingerprint density at radius 2 is 1.77 bits per heavy atom. The third-order valence-corrected chi connectivity index (χ3v) is 6.04. The minimum absolute atomic E-state index is 0.0395. The predicted octanol–water partition coefficient (Wildman–Crippen LogP) is 6.19. The van der Waals surface area contributed by atoms with Crippen molar-refractivity contribution in [2.45, 2.75) is 32.5 Å². The molecule has 5 nitrogen and oxygen atoms in total. The maximum atomic E-state index is 13.4. The molecule has 0 aliphatic carbocycles. The molecule has 2 aromatic carbocycles. The molecule has 1 aromatic heterocycles. The summed E-state index contributed by atoms with van der Waals surface area (Å²) in [5, 5.41) is 7.72. The van der Waals surface area contributed by atoms with Gasteiger partial charge in [0, 0.05) is 38.4 Å². The van der Waals surface area contributed by atoms with Crippen LogP contribution in [0.4, 0.5) is 0 Å².